The van der Waals surface area contributed by atoms with Crippen LogP contribution in [-0.2, 0) is 11.2 Å². The zero-order valence-corrected chi connectivity index (χ0v) is 21.0. The molecule has 0 spiro atoms. The lowest BCUT2D eigenvalue weighted by Gasteiger charge is -2.23. The molecule has 0 aromatic heterocycles. The van der Waals surface area contributed by atoms with Crippen LogP contribution in [0.5, 0.6) is 0 Å². The Morgan fingerprint density at radius 3 is 2.38 bits per heavy atom. The van der Waals surface area contributed by atoms with Gasteiger partial charge in [-0.1, -0.05) is 54.9 Å². The van der Waals surface area contributed by atoms with Crippen molar-refractivity contribution in [3.8, 4) is 11.1 Å². The number of anilines is 1. The Bertz CT molecular complexity index is 1210. The van der Waals surface area contributed by atoms with Crippen molar-refractivity contribution in [1.82, 2.24) is 4.90 Å². The van der Waals surface area contributed by atoms with E-state index in [4.69, 9.17) is 11.6 Å². The number of aliphatic carboxylic acids is 1. The largest absolute Gasteiger partial charge is 0.480 e. The minimum atomic E-state index is -1.03. The summed E-state index contributed by atoms with van der Waals surface area (Å²) in [5, 5.41) is 13.6. The van der Waals surface area contributed by atoms with Crippen molar-refractivity contribution in [3.63, 3.8) is 0 Å². The van der Waals surface area contributed by atoms with Gasteiger partial charge in [0.25, 0.3) is 5.91 Å². The monoisotopic (exact) mass is 478 g/mol. The lowest BCUT2D eigenvalue weighted by Crippen LogP contribution is -2.40. The first-order valence-corrected chi connectivity index (χ1v) is 11.8. The minimum absolute atomic E-state index is 0.101. The van der Waals surface area contributed by atoms with E-state index >= 15 is 0 Å². The SMILES string of the molecule is CCc1cc(-c2cccc(NC(C)c3ccc(Cl)c(C)c3)c2)ccc1C(=O)N(C)C(C)C(=O)O. The van der Waals surface area contributed by atoms with E-state index in [9.17, 15) is 14.7 Å². The van der Waals surface area contributed by atoms with E-state index in [-0.39, 0.29) is 11.9 Å². The number of aryl methyl sites for hydroxylation is 2. The van der Waals surface area contributed by atoms with Crippen molar-refractivity contribution in [2.45, 2.75) is 46.2 Å². The fourth-order valence-corrected chi connectivity index (χ4v) is 3.98. The first-order valence-electron chi connectivity index (χ1n) is 11.4. The second-order valence-corrected chi connectivity index (χ2v) is 9.02. The Kier molecular flexibility index (Phi) is 8.00. The van der Waals surface area contributed by atoms with E-state index in [1.165, 1.54) is 18.9 Å². The zero-order valence-electron chi connectivity index (χ0n) is 20.2. The highest BCUT2D eigenvalue weighted by molar-refractivity contribution is 6.31. The molecule has 0 aliphatic carbocycles. The molecule has 0 saturated carbocycles. The number of hydrogen-bond acceptors (Lipinski definition) is 3. The summed E-state index contributed by atoms with van der Waals surface area (Å²) in [6.07, 6.45) is 0.662. The molecule has 6 heteroatoms. The van der Waals surface area contributed by atoms with Gasteiger partial charge in [-0.25, -0.2) is 4.79 Å². The van der Waals surface area contributed by atoms with Crippen LogP contribution in [0, 0.1) is 6.92 Å². The number of carbonyl (C=O) groups is 2. The van der Waals surface area contributed by atoms with Crippen LogP contribution < -0.4 is 5.32 Å². The number of halogens is 1. The number of nitrogens with zero attached hydrogens (tertiary/aromatic N) is 1. The number of carbonyl (C=O) groups excluding carboxylic acids is 1. The highest BCUT2D eigenvalue weighted by Gasteiger charge is 2.24. The third-order valence-electron chi connectivity index (χ3n) is 6.24. The maximum atomic E-state index is 12.9. The van der Waals surface area contributed by atoms with Crippen LogP contribution in [0.1, 0.15) is 53.9 Å². The molecule has 0 fully saturated rings. The number of carboxylic acid groups (broad SMARTS) is 1. The summed E-state index contributed by atoms with van der Waals surface area (Å²) in [7, 11) is 1.52. The summed E-state index contributed by atoms with van der Waals surface area (Å²) in [4.78, 5) is 25.5. The molecule has 3 aromatic carbocycles. The highest BCUT2D eigenvalue weighted by atomic mass is 35.5. The van der Waals surface area contributed by atoms with Gasteiger partial charge in [0, 0.05) is 29.4 Å². The minimum Gasteiger partial charge on any atom is -0.480 e. The van der Waals surface area contributed by atoms with Gasteiger partial charge >= 0.3 is 5.97 Å². The third-order valence-corrected chi connectivity index (χ3v) is 6.66. The van der Waals surface area contributed by atoms with Crippen LogP contribution in [0.3, 0.4) is 0 Å². The Hall–Kier alpha value is -3.31. The van der Waals surface area contributed by atoms with Crippen LogP contribution >= 0.6 is 11.6 Å². The van der Waals surface area contributed by atoms with E-state index in [0.717, 1.165) is 38.5 Å². The number of rotatable bonds is 8. The van der Waals surface area contributed by atoms with E-state index in [1.807, 2.05) is 56.3 Å². The predicted octanol–water partition coefficient (Wildman–Crippen LogP) is 6.60. The Morgan fingerprint density at radius 2 is 1.74 bits per heavy atom. The molecule has 0 saturated heterocycles. The quantitative estimate of drug-likeness (QED) is 0.383. The van der Waals surface area contributed by atoms with Gasteiger partial charge in [0.1, 0.15) is 6.04 Å². The van der Waals surface area contributed by atoms with Crippen LogP contribution in [0.2, 0.25) is 5.02 Å². The molecule has 1 amide bonds. The van der Waals surface area contributed by atoms with Gasteiger partial charge in [0.2, 0.25) is 0 Å². The van der Waals surface area contributed by atoms with Crippen molar-refractivity contribution in [2.75, 3.05) is 12.4 Å². The summed E-state index contributed by atoms with van der Waals surface area (Å²) in [5.41, 5.74) is 6.64. The smallest absolute Gasteiger partial charge is 0.326 e. The Morgan fingerprint density at radius 1 is 1.03 bits per heavy atom. The van der Waals surface area contributed by atoms with Gasteiger partial charge in [0.05, 0.1) is 0 Å². The molecule has 34 heavy (non-hydrogen) atoms. The predicted molar refractivity (Wildman–Crippen MR) is 139 cm³/mol. The standard InChI is InChI=1S/C28H31ClN2O3/c1-6-20-15-23(10-12-25(20)27(32)31(5)19(4)28(33)34)22-8-7-9-24(16-22)30-18(3)21-11-13-26(29)17(2)14-21/h7-16,18-19,30H,6H2,1-5H3,(H,33,34). The first-order chi connectivity index (χ1) is 16.1. The molecule has 0 heterocycles. The lowest BCUT2D eigenvalue weighted by molar-refractivity contribution is -0.141. The molecule has 0 bridgehead atoms. The molecular formula is C28H31ClN2O3. The normalized spacial score (nSPS) is 12.6. The zero-order chi connectivity index (χ0) is 25.0. The van der Waals surface area contributed by atoms with Crippen LogP contribution in [0.15, 0.2) is 60.7 Å². The first kappa shape index (κ1) is 25.3. The van der Waals surface area contributed by atoms with Crippen molar-refractivity contribution in [1.29, 1.82) is 0 Å². The van der Waals surface area contributed by atoms with Gasteiger partial charge in [-0.05, 0) is 79.3 Å². The number of likely N-dealkylation sites (N-methyl/N-ethyl adjacent to an activating group) is 1. The number of amides is 1. The molecule has 2 unspecified atom stereocenters. The summed E-state index contributed by atoms with van der Waals surface area (Å²) in [6.45, 7) is 7.61. The summed E-state index contributed by atoms with van der Waals surface area (Å²) in [5.74, 6) is -1.32. The van der Waals surface area contributed by atoms with E-state index in [0.29, 0.717) is 12.0 Å². The molecule has 3 aromatic rings. The average molecular weight is 479 g/mol. The van der Waals surface area contributed by atoms with Crippen molar-refractivity contribution >= 4 is 29.2 Å². The molecule has 0 radical (unpaired) electrons. The van der Waals surface area contributed by atoms with Gasteiger partial charge in [-0.15, -0.1) is 0 Å². The number of carboxylic acids is 1. The van der Waals surface area contributed by atoms with E-state index < -0.39 is 12.0 Å². The molecule has 0 aliphatic heterocycles. The molecule has 178 valence electrons. The van der Waals surface area contributed by atoms with E-state index in [1.54, 1.807) is 6.07 Å². The molecule has 2 atom stereocenters. The van der Waals surface area contributed by atoms with Crippen LogP contribution in [-0.4, -0.2) is 35.0 Å². The number of hydrogen-bond donors (Lipinski definition) is 2. The Balaban J connectivity index is 1.85. The summed E-state index contributed by atoms with van der Waals surface area (Å²) >= 11 is 6.17. The molecule has 2 N–H and O–H groups in total. The molecule has 0 aliphatic rings. The summed E-state index contributed by atoms with van der Waals surface area (Å²) in [6, 6.07) is 19.1. The van der Waals surface area contributed by atoms with Gasteiger partial charge in [-0.3, -0.25) is 4.79 Å². The maximum absolute atomic E-state index is 12.9. The molecule has 3 rings (SSSR count). The number of nitrogens with one attached hydrogen (secondary N) is 1. The second-order valence-electron chi connectivity index (χ2n) is 8.61. The topological polar surface area (TPSA) is 69.6 Å². The lowest BCUT2D eigenvalue weighted by atomic mass is 9.96. The van der Waals surface area contributed by atoms with Crippen molar-refractivity contribution < 1.29 is 14.7 Å². The van der Waals surface area contributed by atoms with E-state index in [2.05, 4.69) is 24.4 Å². The average Bonchev–Trinajstić information content (AvgIpc) is 2.83. The fraction of sp³-hybridized carbons (Fsp3) is 0.286. The summed E-state index contributed by atoms with van der Waals surface area (Å²) < 4.78 is 0. The molecular weight excluding hydrogens is 448 g/mol. The Labute approximate surface area is 206 Å². The third kappa shape index (κ3) is 5.60. The van der Waals surface area contributed by atoms with Crippen LogP contribution in [0.25, 0.3) is 11.1 Å². The number of benzene rings is 3. The molecule has 5 nitrogen and oxygen atoms in total. The van der Waals surface area contributed by atoms with Gasteiger partial charge in [0.15, 0.2) is 0 Å². The fourth-order valence-electron chi connectivity index (χ4n) is 3.87. The van der Waals surface area contributed by atoms with Crippen molar-refractivity contribution in [2.24, 2.45) is 0 Å². The highest BCUT2D eigenvalue weighted by Crippen LogP contribution is 2.29. The van der Waals surface area contributed by atoms with Gasteiger partial charge in [-0.2, -0.15) is 0 Å². The maximum Gasteiger partial charge on any atom is 0.326 e. The van der Waals surface area contributed by atoms with Crippen molar-refractivity contribution in [3.05, 3.63) is 87.9 Å². The second kappa shape index (κ2) is 10.7. The van der Waals surface area contributed by atoms with Crippen LogP contribution in [0.4, 0.5) is 5.69 Å². The van der Waals surface area contributed by atoms with Gasteiger partial charge < -0.3 is 15.3 Å².